The lowest BCUT2D eigenvalue weighted by atomic mass is 10.4. The van der Waals surface area contributed by atoms with E-state index < -0.39 is 32.9 Å². The highest BCUT2D eigenvalue weighted by molar-refractivity contribution is 6.60. The average molecular weight is 290 g/mol. The first kappa shape index (κ1) is 16.8. The van der Waals surface area contributed by atoms with Gasteiger partial charge in [0.2, 0.25) is 0 Å². The highest BCUT2D eigenvalue weighted by Crippen LogP contribution is 2.14. The molecule has 0 amide bonds. The smallest absolute Gasteiger partial charge is 0.423 e. The van der Waals surface area contributed by atoms with Gasteiger partial charge >= 0.3 is 15.0 Å². The molecule has 0 bridgehead atoms. The van der Waals surface area contributed by atoms with Crippen molar-refractivity contribution in [3.8, 4) is 0 Å². The molecule has 0 aromatic rings. The number of carbonyl (C=O) groups excluding carboxylic acids is 4. The SMILES string of the molecule is C=CCC(=O)O[Si](OC(C)=O)(OC(C)=O)OC(C)=O. The summed E-state index contributed by atoms with van der Waals surface area (Å²) in [6.07, 6.45) is 0.981. The van der Waals surface area contributed by atoms with Gasteiger partial charge in [0.1, 0.15) is 0 Å². The van der Waals surface area contributed by atoms with Crippen molar-refractivity contribution in [2.24, 2.45) is 0 Å². The maximum absolute atomic E-state index is 11.4. The van der Waals surface area contributed by atoms with E-state index in [1.807, 2.05) is 0 Å². The molecular weight excluding hydrogens is 276 g/mol. The molecule has 0 rings (SSSR count). The van der Waals surface area contributed by atoms with E-state index in [1.54, 1.807) is 0 Å². The van der Waals surface area contributed by atoms with E-state index in [2.05, 4.69) is 19.9 Å². The Bertz CT molecular complexity index is 362. The molecule has 0 spiro atoms. The number of carbonyl (C=O) groups is 4. The van der Waals surface area contributed by atoms with Crippen LogP contribution in [0, 0.1) is 0 Å². The molecule has 19 heavy (non-hydrogen) atoms. The van der Waals surface area contributed by atoms with Crippen LogP contribution in [0.15, 0.2) is 12.7 Å². The fraction of sp³-hybridized carbons (Fsp3) is 0.400. The molecule has 0 N–H and O–H groups in total. The third kappa shape index (κ3) is 6.98. The third-order valence-electron chi connectivity index (χ3n) is 1.36. The predicted molar refractivity (Wildman–Crippen MR) is 62.0 cm³/mol. The van der Waals surface area contributed by atoms with Crippen LogP contribution in [-0.4, -0.2) is 32.9 Å². The monoisotopic (exact) mass is 290 g/mol. The van der Waals surface area contributed by atoms with Gasteiger partial charge in [-0.2, -0.15) is 0 Å². The van der Waals surface area contributed by atoms with E-state index in [4.69, 9.17) is 4.43 Å². The van der Waals surface area contributed by atoms with Crippen molar-refractivity contribution in [1.29, 1.82) is 0 Å². The van der Waals surface area contributed by atoms with Gasteiger partial charge in [0.15, 0.2) is 0 Å². The fourth-order valence-corrected chi connectivity index (χ4v) is 2.62. The molecule has 0 heterocycles. The molecule has 0 fully saturated rings. The van der Waals surface area contributed by atoms with Gasteiger partial charge in [-0.25, -0.2) is 0 Å². The molecule has 9 heteroatoms. The van der Waals surface area contributed by atoms with Crippen molar-refractivity contribution in [2.75, 3.05) is 0 Å². The first-order chi connectivity index (χ1) is 8.70. The summed E-state index contributed by atoms with van der Waals surface area (Å²) in [4.78, 5) is 44.3. The normalized spacial score (nSPS) is 10.1. The largest absolute Gasteiger partial charge is 0.974 e. The first-order valence-electron chi connectivity index (χ1n) is 5.12. The topological polar surface area (TPSA) is 105 Å². The number of hydrogen-bond acceptors (Lipinski definition) is 8. The molecule has 106 valence electrons. The van der Waals surface area contributed by atoms with Crippen LogP contribution in [0.4, 0.5) is 0 Å². The lowest BCUT2D eigenvalue weighted by Crippen LogP contribution is -2.53. The zero-order valence-corrected chi connectivity index (χ0v) is 11.8. The molecule has 0 aliphatic carbocycles. The van der Waals surface area contributed by atoms with Crippen LogP contribution in [0.2, 0.25) is 0 Å². The molecule has 0 saturated heterocycles. The van der Waals surface area contributed by atoms with Crippen molar-refractivity contribution < 1.29 is 36.9 Å². The third-order valence-corrected chi connectivity index (χ3v) is 3.45. The molecule has 0 aromatic carbocycles. The van der Waals surface area contributed by atoms with Crippen LogP contribution in [0.5, 0.6) is 0 Å². The molecule has 0 unspecified atom stereocenters. The van der Waals surface area contributed by atoms with Gasteiger partial charge in [0.25, 0.3) is 17.9 Å². The summed E-state index contributed by atoms with van der Waals surface area (Å²) in [5.41, 5.74) is 0. The van der Waals surface area contributed by atoms with Gasteiger partial charge in [-0.05, 0) is 0 Å². The molecular formula is C10H14O8Si. The second kappa shape index (κ2) is 7.31. The Hall–Kier alpha value is -2.16. The molecule has 0 aliphatic rings. The Balaban J connectivity index is 5.25. The average Bonchev–Trinajstić information content (AvgIpc) is 2.12. The second-order valence-electron chi connectivity index (χ2n) is 3.25. The summed E-state index contributed by atoms with van der Waals surface area (Å²) in [6.45, 7) is 6.25. The van der Waals surface area contributed by atoms with Gasteiger partial charge in [0, 0.05) is 20.8 Å². The van der Waals surface area contributed by atoms with Crippen molar-refractivity contribution in [1.82, 2.24) is 0 Å². The first-order valence-corrected chi connectivity index (χ1v) is 6.75. The second-order valence-corrected chi connectivity index (χ2v) is 5.06. The zero-order chi connectivity index (χ0) is 15.1. The van der Waals surface area contributed by atoms with Crippen LogP contribution >= 0.6 is 0 Å². The Morgan fingerprint density at radius 2 is 1.26 bits per heavy atom. The highest BCUT2D eigenvalue weighted by Gasteiger charge is 2.61. The van der Waals surface area contributed by atoms with E-state index in [0.717, 1.165) is 20.8 Å². The van der Waals surface area contributed by atoms with Gasteiger partial charge in [-0.15, -0.1) is 6.58 Å². The predicted octanol–water partition coefficient (Wildman–Crippen LogP) is 0.231. The van der Waals surface area contributed by atoms with Crippen molar-refractivity contribution in [3.05, 3.63) is 12.7 Å². The van der Waals surface area contributed by atoms with Crippen LogP contribution in [0.1, 0.15) is 27.2 Å². The van der Waals surface area contributed by atoms with Gasteiger partial charge in [-0.1, -0.05) is 6.08 Å². The minimum absolute atomic E-state index is 0.238. The lowest BCUT2D eigenvalue weighted by molar-refractivity contribution is -0.160. The minimum atomic E-state index is -4.53. The van der Waals surface area contributed by atoms with Gasteiger partial charge < -0.3 is 17.7 Å². The number of rotatable bonds is 6. The van der Waals surface area contributed by atoms with Crippen LogP contribution in [-0.2, 0) is 36.9 Å². The molecule has 8 nitrogen and oxygen atoms in total. The molecule has 0 saturated carbocycles. The number of hydrogen-bond donors (Lipinski definition) is 0. The molecule has 0 aromatic heterocycles. The Labute approximate surface area is 110 Å². The molecule has 0 aliphatic heterocycles. The summed E-state index contributed by atoms with van der Waals surface area (Å²) >= 11 is 0. The minimum Gasteiger partial charge on any atom is -0.423 e. The zero-order valence-electron chi connectivity index (χ0n) is 10.8. The van der Waals surface area contributed by atoms with Crippen molar-refractivity contribution >= 4 is 32.9 Å². The van der Waals surface area contributed by atoms with Crippen molar-refractivity contribution in [2.45, 2.75) is 27.2 Å². The van der Waals surface area contributed by atoms with E-state index in [-0.39, 0.29) is 6.42 Å². The summed E-state index contributed by atoms with van der Waals surface area (Å²) in [5.74, 6) is -3.70. The quantitative estimate of drug-likeness (QED) is 0.505. The summed E-state index contributed by atoms with van der Waals surface area (Å²) in [6, 6.07) is 0. The van der Waals surface area contributed by atoms with E-state index in [0.29, 0.717) is 0 Å². The van der Waals surface area contributed by atoms with E-state index in [9.17, 15) is 19.2 Å². The van der Waals surface area contributed by atoms with Crippen LogP contribution < -0.4 is 0 Å². The maximum Gasteiger partial charge on any atom is 0.974 e. The summed E-state index contributed by atoms with van der Waals surface area (Å²) < 4.78 is 18.5. The van der Waals surface area contributed by atoms with Gasteiger partial charge in [0.05, 0.1) is 6.42 Å². The lowest BCUT2D eigenvalue weighted by Gasteiger charge is -2.23. The standard InChI is InChI=1S/C10H14O8Si/c1-5-6-10(14)18-19(15-7(2)11,16-8(3)12)17-9(4)13/h5H,1,6H2,2-4H3. The molecule has 0 atom stereocenters. The Morgan fingerprint density at radius 1 is 0.895 bits per heavy atom. The summed E-state index contributed by atoms with van der Waals surface area (Å²) in [5, 5.41) is 0. The van der Waals surface area contributed by atoms with Gasteiger partial charge in [-0.3, -0.25) is 19.2 Å². The van der Waals surface area contributed by atoms with E-state index >= 15 is 0 Å². The Kier molecular flexibility index (Phi) is 6.48. The Morgan fingerprint density at radius 3 is 1.53 bits per heavy atom. The van der Waals surface area contributed by atoms with E-state index in [1.165, 1.54) is 6.08 Å². The molecule has 0 radical (unpaired) electrons. The van der Waals surface area contributed by atoms with Crippen molar-refractivity contribution in [3.63, 3.8) is 0 Å². The van der Waals surface area contributed by atoms with Crippen LogP contribution in [0.3, 0.4) is 0 Å². The fourth-order valence-electron chi connectivity index (χ4n) is 0.952. The summed E-state index contributed by atoms with van der Waals surface area (Å²) in [7, 11) is -4.53. The maximum atomic E-state index is 11.4. The highest BCUT2D eigenvalue weighted by atomic mass is 28.4. The van der Waals surface area contributed by atoms with Crippen LogP contribution in [0.25, 0.3) is 0 Å².